The highest BCUT2D eigenvalue weighted by molar-refractivity contribution is 5.93. The number of nitrogens with one attached hydrogen (secondary N) is 1. The van der Waals surface area contributed by atoms with Crippen molar-refractivity contribution in [3.8, 4) is 5.75 Å². The summed E-state index contributed by atoms with van der Waals surface area (Å²) in [5, 5.41) is 3.10. The number of benzene rings is 3. The van der Waals surface area contributed by atoms with Gasteiger partial charge in [-0.15, -0.1) is 0 Å². The molecule has 3 aromatic carbocycles. The van der Waals surface area contributed by atoms with Gasteiger partial charge >= 0.3 is 0 Å². The number of ether oxygens (including phenoxy) is 1. The number of likely N-dealkylation sites (tertiary alicyclic amines) is 1. The Balaban J connectivity index is 1.20. The molecule has 6 heteroatoms. The molecule has 0 radical (unpaired) electrons. The first-order valence-corrected chi connectivity index (χ1v) is 12.5. The molecule has 182 valence electrons. The number of amides is 1. The molecule has 2 aliphatic heterocycles. The summed E-state index contributed by atoms with van der Waals surface area (Å²) in [5.74, 6) is 0.989. The Bertz CT molecular complexity index is 1060. The number of carbonyl (C=O) groups excluding carboxylic acids is 1. The third kappa shape index (κ3) is 4.84. The summed E-state index contributed by atoms with van der Waals surface area (Å²) in [6.45, 7) is 4.40. The van der Waals surface area contributed by atoms with Gasteiger partial charge in [-0.3, -0.25) is 4.79 Å². The van der Waals surface area contributed by atoms with Crippen LogP contribution < -0.4 is 19.9 Å². The number of carbonyl (C=O) groups is 1. The fourth-order valence-corrected chi connectivity index (χ4v) is 5.41. The smallest absolute Gasteiger partial charge is 0.247 e. The van der Waals surface area contributed by atoms with Crippen molar-refractivity contribution in [3.05, 3.63) is 84.9 Å². The summed E-state index contributed by atoms with van der Waals surface area (Å²) in [6.07, 6.45) is 2.74. The molecular formula is C29H34N4O2. The van der Waals surface area contributed by atoms with Gasteiger partial charge in [-0.25, -0.2) is 0 Å². The number of nitrogens with zero attached hydrogens (tertiary/aromatic N) is 3. The van der Waals surface area contributed by atoms with Gasteiger partial charge in [0.05, 0.1) is 13.8 Å². The molecular weight excluding hydrogens is 436 g/mol. The molecule has 1 N–H and O–H groups in total. The average Bonchev–Trinajstić information content (AvgIpc) is 3.23. The quantitative estimate of drug-likeness (QED) is 0.519. The molecule has 0 unspecified atom stereocenters. The van der Waals surface area contributed by atoms with Crippen LogP contribution in [-0.2, 0) is 4.79 Å². The van der Waals surface area contributed by atoms with Gasteiger partial charge in [0, 0.05) is 36.7 Å². The average molecular weight is 471 g/mol. The van der Waals surface area contributed by atoms with Crippen LogP contribution in [-0.4, -0.2) is 56.3 Å². The van der Waals surface area contributed by atoms with Crippen molar-refractivity contribution in [1.29, 1.82) is 0 Å². The number of hydrogen-bond acceptors (Lipinski definition) is 5. The molecule has 0 saturated carbocycles. The van der Waals surface area contributed by atoms with E-state index >= 15 is 0 Å². The van der Waals surface area contributed by atoms with Crippen LogP contribution in [0.15, 0.2) is 84.9 Å². The minimum Gasteiger partial charge on any atom is -0.497 e. The minimum atomic E-state index is -0.453. The Kier molecular flexibility index (Phi) is 6.91. The first-order valence-electron chi connectivity index (χ1n) is 12.5. The van der Waals surface area contributed by atoms with E-state index in [1.54, 1.807) is 7.11 Å². The zero-order chi connectivity index (χ0) is 24.1. The van der Waals surface area contributed by atoms with Crippen LogP contribution in [0.1, 0.15) is 19.3 Å². The number of rotatable bonds is 8. The van der Waals surface area contributed by atoms with E-state index in [1.165, 1.54) is 11.4 Å². The minimum absolute atomic E-state index is 0.160. The summed E-state index contributed by atoms with van der Waals surface area (Å²) in [5.41, 5.74) is 3.05. The molecule has 5 rings (SSSR count). The number of anilines is 3. The molecule has 0 atom stereocenters. The first-order chi connectivity index (χ1) is 17.2. The van der Waals surface area contributed by atoms with E-state index in [0.717, 1.165) is 56.9 Å². The summed E-state index contributed by atoms with van der Waals surface area (Å²) < 4.78 is 5.30. The number of piperidine rings is 1. The van der Waals surface area contributed by atoms with Gasteiger partial charge in [-0.2, -0.15) is 0 Å². The second kappa shape index (κ2) is 10.4. The zero-order valence-corrected chi connectivity index (χ0v) is 20.4. The summed E-state index contributed by atoms with van der Waals surface area (Å²) in [6, 6.07) is 29.2. The maximum absolute atomic E-state index is 13.0. The maximum atomic E-state index is 13.0. The van der Waals surface area contributed by atoms with E-state index in [4.69, 9.17) is 4.74 Å². The van der Waals surface area contributed by atoms with Crippen LogP contribution in [0.2, 0.25) is 0 Å². The van der Waals surface area contributed by atoms with Crippen molar-refractivity contribution < 1.29 is 9.53 Å². The van der Waals surface area contributed by atoms with Crippen LogP contribution >= 0.6 is 0 Å². The van der Waals surface area contributed by atoms with Gasteiger partial charge in [0.2, 0.25) is 5.91 Å². The lowest BCUT2D eigenvalue weighted by atomic mass is 9.85. The van der Waals surface area contributed by atoms with Crippen molar-refractivity contribution >= 4 is 23.0 Å². The Morgan fingerprint density at radius 3 is 2.06 bits per heavy atom. The van der Waals surface area contributed by atoms with Crippen LogP contribution in [0.25, 0.3) is 0 Å². The zero-order valence-electron chi connectivity index (χ0n) is 20.4. The van der Waals surface area contributed by atoms with Gasteiger partial charge < -0.3 is 24.8 Å². The predicted octanol–water partition coefficient (Wildman–Crippen LogP) is 4.65. The highest BCUT2D eigenvalue weighted by Gasteiger charge is 2.50. The van der Waals surface area contributed by atoms with Crippen molar-refractivity contribution in [1.82, 2.24) is 10.2 Å². The van der Waals surface area contributed by atoms with E-state index in [0.29, 0.717) is 6.67 Å². The summed E-state index contributed by atoms with van der Waals surface area (Å²) in [7, 11) is 1.67. The van der Waals surface area contributed by atoms with Gasteiger partial charge in [0.1, 0.15) is 11.3 Å². The van der Waals surface area contributed by atoms with Crippen LogP contribution in [0, 0.1) is 0 Å². The van der Waals surface area contributed by atoms with Gasteiger partial charge in [0.15, 0.2) is 0 Å². The topological polar surface area (TPSA) is 48.1 Å². The Hall–Kier alpha value is -3.51. The van der Waals surface area contributed by atoms with Crippen LogP contribution in [0.4, 0.5) is 17.1 Å². The molecule has 0 bridgehead atoms. The number of para-hydroxylation sites is 2. The molecule has 2 heterocycles. The van der Waals surface area contributed by atoms with Crippen molar-refractivity contribution in [2.24, 2.45) is 0 Å². The Morgan fingerprint density at radius 2 is 1.49 bits per heavy atom. The highest BCUT2D eigenvalue weighted by atomic mass is 16.5. The van der Waals surface area contributed by atoms with E-state index in [1.807, 2.05) is 12.1 Å². The lowest BCUT2D eigenvalue weighted by Crippen LogP contribution is -2.56. The molecule has 6 nitrogen and oxygen atoms in total. The fraction of sp³-hybridized carbons (Fsp3) is 0.345. The third-order valence-corrected chi connectivity index (χ3v) is 7.40. The molecule has 0 aromatic heterocycles. The van der Waals surface area contributed by atoms with Crippen molar-refractivity contribution in [2.75, 3.05) is 49.8 Å². The van der Waals surface area contributed by atoms with E-state index in [2.05, 4.69) is 92.8 Å². The summed E-state index contributed by atoms with van der Waals surface area (Å²) >= 11 is 0. The van der Waals surface area contributed by atoms with Gasteiger partial charge in [-0.05, 0) is 74.3 Å². The second-order valence-electron chi connectivity index (χ2n) is 9.34. The van der Waals surface area contributed by atoms with Gasteiger partial charge in [0.25, 0.3) is 0 Å². The lowest BCUT2D eigenvalue weighted by Gasteiger charge is -2.43. The summed E-state index contributed by atoms with van der Waals surface area (Å²) in [4.78, 5) is 20.1. The van der Waals surface area contributed by atoms with E-state index in [-0.39, 0.29) is 5.91 Å². The largest absolute Gasteiger partial charge is 0.497 e. The second-order valence-corrected chi connectivity index (χ2v) is 9.34. The molecule has 2 fully saturated rings. The molecule has 1 amide bonds. The van der Waals surface area contributed by atoms with E-state index < -0.39 is 5.54 Å². The highest BCUT2D eigenvalue weighted by Crippen LogP contribution is 2.37. The maximum Gasteiger partial charge on any atom is 0.247 e. The Labute approximate surface area is 208 Å². The SMILES string of the molecule is COc1ccc(N2CNC(=O)C23CCN(CCCN(c2ccccc2)c2ccccc2)CC3)cc1. The van der Waals surface area contributed by atoms with Gasteiger partial charge in [-0.1, -0.05) is 36.4 Å². The lowest BCUT2D eigenvalue weighted by molar-refractivity contribution is -0.125. The molecule has 1 spiro atoms. The standard InChI is InChI=1S/C29H34N4O2/c1-35-27-15-13-26(14-16-27)33-23-30-28(34)29(33)17-21-31(22-18-29)19-8-20-32(24-9-4-2-5-10-24)25-11-6-3-7-12-25/h2-7,9-16H,8,17-23H2,1H3,(H,30,34). The van der Waals surface area contributed by atoms with Crippen molar-refractivity contribution in [3.63, 3.8) is 0 Å². The van der Waals surface area contributed by atoms with E-state index in [9.17, 15) is 4.79 Å². The molecule has 2 aliphatic rings. The fourth-order valence-electron chi connectivity index (χ4n) is 5.41. The van der Waals surface area contributed by atoms with Crippen molar-refractivity contribution in [2.45, 2.75) is 24.8 Å². The monoisotopic (exact) mass is 470 g/mol. The molecule has 2 saturated heterocycles. The van der Waals surface area contributed by atoms with Crippen LogP contribution in [0.3, 0.4) is 0 Å². The number of methoxy groups -OCH3 is 1. The molecule has 0 aliphatic carbocycles. The number of hydrogen-bond donors (Lipinski definition) is 1. The van der Waals surface area contributed by atoms with Crippen LogP contribution in [0.5, 0.6) is 5.75 Å². The molecule has 3 aromatic rings. The third-order valence-electron chi connectivity index (χ3n) is 7.40. The Morgan fingerprint density at radius 1 is 0.886 bits per heavy atom. The normalized spacial score (nSPS) is 17.4. The molecule has 35 heavy (non-hydrogen) atoms. The first kappa shape index (κ1) is 23.2. The predicted molar refractivity (Wildman–Crippen MR) is 141 cm³/mol.